The third-order valence-corrected chi connectivity index (χ3v) is 14.9. The molecule has 6 N–H and O–H groups in total. The number of esters is 1. The van der Waals surface area contributed by atoms with Crippen LogP contribution in [-0.4, -0.2) is 99.6 Å². The first kappa shape index (κ1) is 72.4. The third kappa shape index (κ3) is 42.0. The lowest BCUT2D eigenvalue weighted by Crippen LogP contribution is -2.61. The summed E-state index contributed by atoms with van der Waals surface area (Å²) in [6, 6.07) is -1.04. The maximum atomic E-state index is 13.4. The number of rotatable bonds is 54. The van der Waals surface area contributed by atoms with Crippen LogP contribution in [0.4, 0.5) is 0 Å². The van der Waals surface area contributed by atoms with Crippen LogP contribution in [0, 0.1) is 0 Å². The molecule has 1 heterocycles. The van der Waals surface area contributed by atoms with Crippen molar-refractivity contribution in [1.82, 2.24) is 5.32 Å². The second-order valence-corrected chi connectivity index (χ2v) is 22.1. The van der Waals surface area contributed by atoms with Gasteiger partial charge in [0.1, 0.15) is 24.4 Å². The van der Waals surface area contributed by atoms with Gasteiger partial charge >= 0.3 is 5.97 Å². The Hall–Kier alpha value is -2.64. The van der Waals surface area contributed by atoms with Crippen LogP contribution in [0.2, 0.25) is 0 Å². The Balaban J connectivity index is 2.69. The second-order valence-electron chi connectivity index (χ2n) is 22.1. The van der Waals surface area contributed by atoms with E-state index < -0.39 is 67.4 Å². The second kappa shape index (κ2) is 54.0. The average molecular weight is 1090 g/mol. The number of aliphatic hydroxyl groups is 5. The van der Waals surface area contributed by atoms with Crippen molar-refractivity contribution < 1.29 is 49.3 Å². The van der Waals surface area contributed by atoms with Gasteiger partial charge in [-0.1, -0.05) is 248 Å². The topological polar surface area (TPSA) is 175 Å². The molecule has 1 aliphatic rings. The molecule has 8 atom stereocenters. The maximum absolute atomic E-state index is 13.4. The zero-order valence-corrected chi connectivity index (χ0v) is 49.6. The maximum Gasteiger partial charge on any atom is 0.306 e. The van der Waals surface area contributed by atoms with E-state index >= 15 is 0 Å². The molecule has 448 valence electrons. The van der Waals surface area contributed by atoms with Crippen molar-refractivity contribution in [2.75, 3.05) is 13.2 Å². The number of hydrogen-bond donors (Lipinski definition) is 6. The van der Waals surface area contributed by atoms with E-state index in [-0.39, 0.29) is 19.4 Å². The Morgan fingerprint density at radius 2 is 0.896 bits per heavy atom. The molecule has 0 radical (unpaired) electrons. The number of nitrogens with one attached hydrogen (secondary N) is 1. The van der Waals surface area contributed by atoms with Crippen LogP contribution in [0.1, 0.15) is 284 Å². The summed E-state index contributed by atoms with van der Waals surface area (Å²) >= 11 is 0. The molecule has 0 aromatic heterocycles. The SMILES string of the molecule is CCCCC/C=C\C/C=C\C/C=C\CCCCCC(O)C(=O)NC(COC1OC(CO)C(O)C(O)C1OC(=O)CCCCCCCCCCC/C=C/CCCCCCCC)C(O)/C=C/CCCCCCCCCCCCC. The van der Waals surface area contributed by atoms with E-state index in [9.17, 15) is 35.1 Å². The molecule has 0 aromatic rings. The predicted octanol–water partition coefficient (Wildman–Crippen LogP) is 15.4. The molecule has 0 aromatic carbocycles. The Morgan fingerprint density at radius 1 is 0.506 bits per heavy atom. The Labute approximate surface area is 471 Å². The lowest BCUT2D eigenvalue weighted by Gasteiger charge is -2.41. The van der Waals surface area contributed by atoms with E-state index in [0.29, 0.717) is 12.8 Å². The van der Waals surface area contributed by atoms with Crippen molar-refractivity contribution in [3.05, 3.63) is 60.8 Å². The van der Waals surface area contributed by atoms with Crippen LogP contribution in [-0.2, 0) is 23.8 Å². The lowest BCUT2D eigenvalue weighted by atomic mass is 9.99. The monoisotopic (exact) mass is 1090 g/mol. The zero-order chi connectivity index (χ0) is 56.1. The highest BCUT2D eigenvalue weighted by Gasteiger charge is 2.47. The minimum Gasteiger partial charge on any atom is -0.454 e. The van der Waals surface area contributed by atoms with Crippen molar-refractivity contribution >= 4 is 11.9 Å². The number of unbranched alkanes of at least 4 members (excludes halogenated alkanes) is 32. The highest BCUT2D eigenvalue weighted by Crippen LogP contribution is 2.26. The molecular formula is C66H119NO10. The molecule has 1 aliphatic heterocycles. The van der Waals surface area contributed by atoms with Gasteiger partial charge in [-0.15, -0.1) is 0 Å². The standard InChI is InChI=1S/C66H119NO10/c1-4-7-10-13-16-19-22-25-27-29-30-31-33-36-39-42-45-48-51-54-61(71)77-64-63(73)62(72)60(55-68)76-66(64)75-56-57(58(69)52-49-46-43-40-37-34-24-21-18-15-12-9-6-3)67-65(74)59(70)53-50-47-44-41-38-35-32-28-26-23-20-17-14-11-8-5-2/h17,20,25-28,35,38,49,52,57-60,62-64,66,68-70,72-73H,4-16,18-19,21-24,29-34,36-37,39-48,50-51,53-56H2,1-3H3,(H,67,74)/b20-17-,27-25+,28-26-,38-35-,52-49+. The molecule has 1 amide bonds. The molecular weight excluding hydrogens is 967 g/mol. The van der Waals surface area contributed by atoms with Crippen molar-refractivity contribution in [3.8, 4) is 0 Å². The van der Waals surface area contributed by atoms with Crippen molar-refractivity contribution in [1.29, 1.82) is 0 Å². The normalized spacial score (nSPS) is 19.4. The summed E-state index contributed by atoms with van der Waals surface area (Å²) in [5.41, 5.74) is 0. The van der Waals surface area contributed by atoms with E-state index in [1.54, 1.807) is 6.08 Å². The molecule has 1 fully saturated rings. The number of carbonyl (C=O) groups excluding carboxylic acids is 2. The lowest BCUT2D eigenvalue weighted by molar-refractivity contribution is -0.305. The van der Waals surface area contributed by atoms with Crippen LogP contribution < -0.4 is 5.32 Å². The van der Waals surface area contributed by atoms with Gasteiger partial charge in [0.15, 0.2) is 12.4 Å². The Bertz CT molecular complexity index is 1480. The van der Waals surface area contributed by atoms with Gasteiger partial charge in [-0.3, -0.25) is 9.59 Å². The third-order valence-electron chi connectivity index (χ3n) is 14.9. The first-order chi connectivity index (χ1) is 37.7. The number of allylic oxidation sites excluding steroid dienone is 9. The van der Waals surface area contributed by atoms with E-state index in [1.807, 2.05) is 6.08 Å². The number of aliphatic hydroxyl groups excluding tert-OH is 5. The van der Waals surface area contributed by atoms with E-state index in [0.717, 1.165) is 77.0 Å². The quantitative estimate of drug-likeness (QED) is 0.0195. The summed E-state index contributed by atoms with van der Waals surface area (Å²) < 4.78 is 17.6. The highest BCUT2D eigenvalue weighted by molar-refractivity contribution is 5.80. The minimum absolute atomic E-state index is 0.118. The van der Waals surface area contributed by atoms with Crippen molar-refractivity contribution in [3.63, 3.8) is 0 Å². The van der Waals surface area contributed by atoms with Gasteiger partial charge in [0.2, 0.25) is 5.91 Å². The molecule has 0 bridgehead atoms. The van der Waals surface area contributed by atoms with E-state index in [4.69, 9.17) is 14.2 Å². The fraction of sp³-hybridized carbons (Fsp3) is 0.818. The summed E-state index contributed by atoms with van der Waals surface area (Å²) in [7, 11) is 0. The highest BCUT2D eigenvalue weighted by atomic mass is 16.7. The summed E-state index contributed by atoms with van der Waals surface area (Å²) in [5.74, 6) is -1.22. The Morgan fingerprint density at radius 3 is 1.38 bits per heavy atom. The molecule has 1 saturated heterocycles. The molecule has 11 heteroatoms. The van der Waals surface area contributed by atoms with Gasteiger partial charge in [0, 0.05) is 6.42 Å². The van der Waals surface area contributed by atoms with Crippen molar-refractivity contribution in [2.45, 2.75) is 333 Å². The number of amides is 1. The van der Waals surface area contributed by atoms with Crippen LogP contribution in [0.25, 0.3) is 0 Å². The van der Waals surface area contributed by atoms with Gasteiger partial charge in [-0.05, 0) is 89.9 Å². The first-order valence-corrected chi connectivity index (χ1v) is 32.1. The smallest absolute Gasteiger partial charge is 0.306 e. The summed E-state index contributed by atoms with van der Waals surface area (Å²) in [4.78, 5) is 26.6. The summed E-state index contributed by atoms with van der Waals surface area (Å²) in [5, 5.41) is 57.0. The zero-order valence-electron chi connectivity index (χ0n) is 49.6. The van der Waals surface area contributed by atoms with Crippen LogP contribution in [0.3, 0.4) is 0 Å². The molecule has 0 aliphatic carbocycles. The number of hydrogen-bond acceptors (Lipinski definition) is 10. The molecule has 77 heavy (non-hydrogen) atoms. The van der Waals surface area contributed by atoms with Crippen LogP contribution in [0.5, 0.6) is 0 Å². The fourth-order valence-electron chi connectivity index (χ4n) is 9.77. The fourth-order valence-corrected chi connectivity index (χ4v) is 9.77. The Kier molecular flexibility index (Phi) is 50.7. The van der Waals surface area contributed by atoms with Crippen LogP contribution >= 0.6 is 0 Å². The number of ether oxygens (including phenoxy) is 3. The largest absolute Gasteiger partial charge is 0.454 e. The average Bonchev–Trinajstić information content (AvgIpc) is 3.43. The van der Waals surface area contributed by atoms with Gasteiger partial charge in [0.05, 0.1) is 25.4 Å². The molecule has 0 spiro atoms. The van der Waals surface area contributed by atoms with E-state index in [1.165, 1.54) is 161 Å². The van der Waals surface area contributed by atoms with Crippen molar-refractivity contribution in [2.24, 2.45) is 0 Å². The summed E-state index contributed by atoms with van der Waals surface area (Å²) in [6.07, 6.45) is 56.8. The van der Waals surface area contributed by atoms with Crippen LogP contribution in [0.15, 0.2) is 60.8 Å². The van der Waals surface area contributed by atoms with Gasteiger partial charge in [-0.2, -0.15) is 0 Å². The molecule has 8 unspecified atom stereocenters. The van der Waals surface area contributed by atoms with Gasteiger partial charge in [0.25, 0.3) is 0 Å². The molecule has 0 saturated carbocycles. The van der Waals surface area contributed by atoms with E-state index in [2.05, 4.69) is 74.7 Å². The molecule has 1 rings (SSSR count). The van der Waals surface area contributed by atoms with Gasteiger partial charge in [-0.25, -0.2) is 0 Å². The first-order valence-electron chi connectivity index (χ1n) is 32.1. The molecule has 11 nitrogen and oxygen atoms in total. The minimum atomic E-state index is -1.62. The predicted molar refractivity (Wildman–Crippen MR) is 320 cm³/mol. The van der Waals surface area contributed by atoms with Gasteiger partial charge < -0.3 is 45.1 Å². The number of carbonyl (C=O) groups is 2. The summed E-state index contributed by atoms with van der Waals surface area (Å²) in [6.45, 7) is 5.76.